The van der Waals surface area contributed by atoms with E-state index in [0.29, 0.717) is 0 Å². The van der Waals surface area contributed by atoms with E-state index in [1.807, 2.05) is 33.8 Å². The van der Waals surface area contributed by atoms with Crippen molar-refractivity contribution in [3.63, 3.8) is 0 Å². The molecule has 0 N–H and O–H groups in total. The Morgan fingerprint density at radius 3 is 1.21 bits per heavy atom. The van der Waals surface area contributed by atoms with Gasteiger partial charge in [-0.15, -0.1) is 0 Å². The molecule has 0 saturated carbocycles. The van der Waals surface area contributed by atoms with E-state index < -0.39 is 0 Å². The quantitative estimate of drug-likeness (QED) is 0.333. The summed E-state index contributed by atoms with van der Waals surface area (Å²) in [6.07, 6.45) is 0. The fraction of sp³-hybridized carbons (Fsp3) is 0.214. The molecule has 4 aromatic carbocycles. The SMILES string of the molecule is CC.CC.Cc1ccc(N(C)c2ccccc2)cc1.c1ccc2ccccc2c1. The third-order valence-corrected chi connectivity index (χ3v) is 4.22. The predicted molar refractivity (Wildman–Crippen MR) is 132 cm³/mol. The molecule has 4 rings (SSSR count). The summed E-state index contributed by atoms with van der Waals surface area (Å²) in [7, 11) is 2.08. The summed E-state index contributed by atoms with van der Waals surface area (Å²) in [5.41, 5.74) is 3.72. The lowest BCUT2D eigenvalue weighted by atomic mass is 10.1. The second-order valence-electron chi connectivity index (χ2n) is 6.08. The Morgan fingerprint density at radius 2 is 0.793 bits per heavy atom. The van der Waals surface area contributed by atoms with E-state index in [2.05, 4.69) is 116 Å². The zero-order valence-corrected chi connectivity index (χ0v) is 18.8. The van der Waals surface area contributed by atoms with Crippen molar-refractivity contribution >= 4 is 22.1 Å². The van der Waals surface area contributed by atoms with Crippen LogP contribution in [-0.2, 0) is 0 Å². The first-order valence-electron chi connectivity index (χ1n) is 10.5. The van der Waals surface area contributed by atoms with Gasteiger partial charge in [-0.2, -0.15) is 0 Å². The van der Waals surface area contributed by atoms with E-state index in [0.717, 1.165) is 0 Å². The van der Waals surface area contributed by atoms with E-state index in [-0.39, 0.29) is 0 Å². The number of hydrogen-bond donors (Lipinski definition) is 0. The van der Waals surface area contributed by atoms with Crippen molar-refractivity contribution < 1.29 is 0 Å². The van der Waals surface area contributed by atoms with Gasteiger partial charge < -0.3 is 4.90 Å². The molecule has 1 nitrogen and oxygen atoms in total. The lowest BCUT2D eigenvalue weighted by Gasteiger charge is -2.19. The Kier molecular flexibility index (Phi) is 11.6. The molecule has 1 heteroatoms. The van der Waals surface area contributed by atoms with Crippen LogP contribution in [0.5, 0.6) is 0 Å². The van der Waals surface area contributed by atoms with Gasteiger partial charge in [-0.1, -0.05) is 112 Å². The Labute approximate surface area is 177 Å². The van der Waals surface area contributed by atoms with Gasteiger partial charge in [0.15, 0.2) is 0 Å². The third-order valence-electron chi connectivity index (χ3n) is 4.22. The van der Waals surface area contributed by atoms with E-state index in [9.17, 15) is 0 Å². The van der Waals surface area contributed by atoms with Gasteiger partial charge in [0, 0.05) is 18.4 Å². The van der Waals surface area contributed by atoms with Crippen LogP contribution < -0.4 is 4.90 Å². The summed E-state index contributed by atoms with van der Waals surface area (Å²) in [4.78, 5) is 2.18. The molecule has 0 heterocycles. The first kappa shape index (κ1) is 24.0. The van der Waals surface area contributed by atoms with E-state index >= 15 is 0 Å². The van der Waals surface area contributed by atoms with Crippen molar-refractivity contribution in [3.8, 4) is 0 Å². The molecule has 0 spiro atoms. The number of benzene rings is 4. The van der Waals surface area contributed by atoms with Gasteiger partial charge in [0.05, 0.1) is 0 Å². The summed E-state index contributed by atoms with van der Waals surface area (Å²) in [6.45, 7) is 10.1. The van der Waals surface area contributed by atoms with Crippen LogP contribution in [0.4, 0.5) is 11.4 Å². The highest BCUT2D eigenvalue weighted by atomic mass is 15.1. The largest absolute Gasteiger partial charge is 0.345 e. The van der Waals surface area contributed by atoms with Crippen molar-refractivity contribution in [2.24, 2.45) is 0 Å². The van der Waals surface area contributed by atoms with Gasteiger partial charge in [0.25, 0.3) is 0 Å². The van der Waals surface area contributed by atoms with Gasteiger partial charge in [0.2, 0.25) is 0 Å². The third kappa shape index (κ3) is 7.83. The molecular weight excluding hydrogens is 350 g/mol. The normalized spacial score (nSPS) is 9.03. The average molecular weight is 386 g/mol. The van der Waals surface area contributed by atoms with Crippen LogP contribution in [0, 0.1) is 6.92 Å². The van der Waals surface area contributed by atoms with Crippen LogP contribution in [0.15, 0.2) is 103 Å². The Morgan fingerprint density at radius 1 is 0.448 bits per heavy atom. The number of rotatable bonds is 2. The molecule has 0 unspecified atom stereocenters. The van der Waals surface area contributed by atoms with Crippen molar-refractivity contribution in [2.75, 3.05) is 11.9 Å². The standard InChI is InChI=1S/C14H15N.C10H8.2C2H6/c1-12-8-10-14(11-9-12)15(2)13-6-4-3-5-7-13;1-2-6-10-8-4-3-7-9(10)5-1;2*1-2/h3-11H,1-2H3;1-8H;2*1-2H3. The van der Waals surface area contributed by atoms with Crippen molar-refractivity contribution in [1.82, 2.24) is 0 Å². The molecule has 0 radical (unpaired) electrons. The Bertz CT molecular complexity index is 846. The molecule has 0 bridgehead atoms. The van der Waals surface area contributed by atoms with Crippen LogP contribution in [0.25, 0.3) is 10.8 Å². The van der Waals surface area contributed by atoms with E-state index in [1.54, 1.807) is 0 Å². The molecule has 29 heavy (non-hydrogen) atoms. The molecule has 0 saturated heterocycles. The van der Waals surface area contributed by atoms with Crippen LogP contribution in [0.1, 0.15) is 33.3 Å². The number of fused-ring (bicyclic) bond motifs is 1. The lowest BCUT2D eigenvalue weighted by Crippen LogP contribution is -2.08. The van der Waals surface area contributed by atoms with E-state index in [1.165, 1.54) is 27.7 Å². The zero-order valence-electron chi connectivity index (χ0n) is 18.8. The Hall–Kier alpha value is -3.06. The van der Waals surface area contributed by atoms with Crippen LogP contribution >= 0.6 is 0 Å². The molecular formula is C28H35N. The number of aryl methyl sites for hydroxylation is 1. The van der Waals surface area contributed by atoms with Crippen molar-refractivity contribution in [3.05, 3.63) is 109 Å². The second-order valence-corrected chi connectivity index (χ2v) is 6.08. The highest BCUT2D eigenvalue weighted by Gasteiger charge is 2.01. The minimum absolute atomic E-state index is 1.21. The molecule has 152 valence electrons. The second kappa shape index (κ2) is 14.0. The summed E-state index contributed by atoms with van der Waals surface area (Å²) < 4.78 is 0. The Balaban J connectivity index is 0.000000260. The molecule has 0 aliphatic carbocycles. The molecule has 0 fully saturated rings. The molecule has 4 aromatic rings. The van der Waals surface area contributed by atoms with Gasteiger partial charge >= 0.3 is 0 Å². The van der Waals surface area contributed by atoms with Gasteiger partial charge in [-0.25, -0.2) is 0 Å². The molecule has 0 atom stereocenters. The monoisotopic (exact) mass is 385 g/mol. The highest BCUT2D eigenvalue weighted by Crippen LogP contribution is 2.22. The first-order valence-corrected chi connectivity index (χ1v) is 10.5. The topological polar surface area (TPSA) is 3.24 Å². The van der Waals surface area contributed by atoms with E-state index in [4.69, 9.17) is 0 Å². The molecule has 0 aromatic heterocycles. The van der Waals surface area contributed by atoms with Crippen LogP contribution in [0.3, 0.4) is 0 Å². The molecule has 0 amide bonds. The highest BCUT2D eigenvalue weighted by molar-refractivity contribution is 5.82. The maximum atomic E-state index is 2.18. The lowest BCUT2D eigenvalue weighted by molar-refractivity contribution is 1.20. The summed E-state index contributed by atoms with van der Waals surface area (Å²) in [5, 5.41) is 2.62. The number of nitrogens with zero attached hydrogens (tertiary/aromatic N) is 1. The fourth-order valence-electron chi connectivity index (χ4n) is 2.70. The van der Waals surface area contributed by atoms with Gasteiger partial charge in [-0.05, 0) is 42.0 Å². The molecule has 0 aliphatic heterocycles. The number of para-hydroxylation sites is 1. The summed E-state index contributed by atoms with van der Waals surface area (Å²) in [5.74, 6) is 0. The summed E-state index contributed by atoms with van der Waals surface area (Å²) in [6, 6.07) is 35.6. The number of hydrogen-bond acceptors (Lipinski definition) is 1. The summed E-state index contributed by atoms with van der Waals surface area (Å²) >= 11 is 0. The maximum absolute atomic E-state index is 2.18. The molecule has 0 aliphatic rings. The van der Waals surface area contributed by atoms with Gasteiger partial charge in [-0.3, -0.25) is 0 Å². The predicted octanol–water partition coefficient (Wildman–Crippen LogP) is 8.66. The van der Waals surface area contributed by atoms with Gasteiger partial charge in [0.1, 0.15) is 0 Å². The van der Waals surface area contributed by atoms with Crippen LogP contribution in [-0.4, -0.2) is 7.05 Å². The number of anilines is 2. The minimum Gasteiger partial charge on any atom is -0.345 e. The maximum Gasteiger partial charge on any atom is 0.0408 e. The minimum atomic E-state index is 1.21. The average Bonchev–Trinajstić information content (AvgIpc) is 2.83. The first-order chi connectivity index (χ1) is 14.2. The zero-order chi connectivity index (χ0) is 21.5. The van der Waals surface area contributed by atoms with Crippen molar-refractivity contribution in [1.29, 1.82) is 0 Å². The van der Waals surface area contributed by atoms with Crippen LogP contribution in [0.2, 0.25) is 0 Å². The smallest absolute Gasteiger partial charge is 0.0408 e. The van der Waals surface area contributed by atoms with Crippen molar-refractivity contribution in [2.45, 2.75) is 34.6 Å². The fourth-order valence-corrected chi connectivity index (χ4v) is 2.70.